The number of rotatable bonds is 2. The minimum absolute atomic E-state index is 0.0348. The van der Waals surface area contributed by atoms with Gasteiger partial charge in [-0.05, 0) is 24.6 Å². The Morgan fingerprint density at radius 3 is 2.62 bits per heavy atom. The van der Waals surface area contributed by atoms with Crippen LogP contribution in [0.5, 0.6) is 0 Å². The average molecular weight is 358 g/mol. The van der Waals surface area contributed by atoms with Gasteiger partial charge in [-0.1, -0.05) is 12.1 Å². The quantitative estimate of drug-likeness (QED) is 0.880. The molecule has 26 heavy (non-hydrogen) atoms. The molecule has 1 unspecified atom stereocenters. The molecule has 1 N–H and O–H groups in total. The van der Waals surface area contributed by atoms with Gasteiger partial charge in [-0.2, -0.15) is 0 Å². The van der Waals surface area contributed by atoms with Crippen LogP contribution in [0.4, 0.5) is 4.39 Å². The number of carbonyl (C=O) groups is 2. The maximum absolute atomic E-state index is 13.3. The van der Waals surface area contributed by atoms with Crippen LogP contribution in [0, 0.1) is 5.82 Å². The van der Waals surface area contributed by atoms with Gasteiger partial charge in [0, 0.05) is 6.20 Å². The summed E-state index contributed by atoms with van der Waals surface area (Å²) in [6.45, 7) is 2.43. The fraction of sp³-hybridized carbons (Fsp3) is 0.278. The van der Waals surface area contributed by atoms with Gasteiger partial charge in [0.2, 0.25) is 5.43 Å². The Labute approximate surface area is 147 Å². The fourth-order valence-corrected chi connectivity index (χ4v) is 3.53. The Morgan fingerprint density at radius 2 is 1.96 bits per heavy atom. The number of hydrogen-bond acceptors (Lipinski definition) is 4. The molecular weight excluding hydrogens is 343 g/mol. The number of hydrogen-bond donors (Lipinski definition) is 1. The Hall–Kier alpha value is -3.00. The van der Waals surface area contributed by atoms with E-state index in [-0.39, 0.29) is 23.8 Å². The van der Waals surface area contributed by atoms with Crippen LogP contribution in [-0.4, -0.2) is 45.3 Å². The number of benzene rings is 1. The monoisotopic (exact) mass is 358 g/mol. The van der Waals surface area contributed by atoms with Crippen LogP contribution in [0.2, 0.25) is 0 Å². The molecule has 0 aliphatic carbocycles. The summed E-state index contributed by atoms with van der Waals surface area (Å²) in [5.74, 6) is -2.28. The lowest BCUT2D eigenvalue weighted by Crippen LogP contribution is -2.49. The molecule has 2 aliphatic heterocycles. The van der Waals surface area contributed by atoms with E-state index in [1.54, 1.807) is 4.90 Å². The Kier molecular flexibility index (Phi) is 3.66. The van der Waals surface area contributed by atoms with Gasteiger partial charge in [-0.3, -0.25) is 9.59 Å². The van der Waals surface area contributed by atoms with Crippen LogP contribution in [0.1, 0.15) is 27.8 Å². The number of ether oxygens (including phenoxy) is 1. The molecule has 7 nitrogen and oxygen atoms in total. The van der Waals surface area contributed by atoms with E-state index in [9.17, 15) is 23.9 Å². The second-order valence-corrected chi connectivity index (χ2v) is 6.41. The molecule has 4 rings (SSSR count). The third kappa shape index (κ3) is 2.33. The van der Waals surface area contributed by atoms with E-state index >= 15 is 0 Å². The fourth-order valence-electron chi connectivity index (χ4n) is 3.53. The molecule has 2 aromatic rings. The van der Waals surface area contributed by atoms with Crippen LogP contribution >= 0.6 is 0 Å². The first kappa shape index (κ1) is 16.5. The summed E-state index contributed by atoms with van der Waals surface area (Å²) in [6.07, 6.45) is 0.671. The molecule has 1 aromatic carbocycles. The van der Waals surface area contributed by atoms with Crippen molar-refractivity contribution in [2.75, 3.05) is 6.61 Å². The Balaban J connectivity index is 2.01. The number of fused-ring (bicyclic) bond motifs is 2. The topological polar surface area (TPSA) is 88.8 Å². The summed E-state index contributed by atoms with van der Waals surface area (Å²) in [4.78, 5) is 38.9. The molecule has 0 radical (unpaired) electrons. The number of carboxylic acid groups (broad SMARTS) is 1. The predicted molar refractivity (Wildman–Crippen MR) is 88.4 cm³/mol. The van der Waals surface area contributed by atoms with E-state index < -0.39 is 34.9 Å². The van der Waals surface area contributed by atoms with Crippen molar-refractivity contribution in [3.8, 4) is 11.1 Å². The zero-order valence-electron chi connectivity index (χ0n) is 13.8. The second-order valence-electron chi connectivity index (χ2n) is 6.41. The number of nitrogens with zero attached hydrogens (tertiary/aromatic N) is 2. The van der Waals surface area contributed by atoms with Gasteiger partial charge in [0.05, 0.1) is 24.8 Å². The Morgan fingerprint density at radius 1 is 1.27 bits per heavy atom. The first-order valence-corrected chi connectivity index (χ1v) is 8.09. The highest BCUT2D eigenvalue weighted by atomic mass is 19.1. The van der Waals surface area contributed by atoms with Crippen molar-refractivity contribution in [2.45, 2.75) is 25.7 Å². The van der Waals surface area contributed by atoms with E-state index in [0.29, 0.717) is 12.2 Å². The summed E-state index contributed by atoms with van der Waals surface area (Å²) >= 11 is 0. The van der Waals surface area contributed by atoms with Gasteiger partial charge < -0.3 is 19.3 Å². The highest BCUT2D eigenvalue weighted by molar-refractivity contribution is 6.02. The SMILES string of the molecule is C[C@H]1COC2Cn3cc(C(=O)O)c(=O)c(-c4ccc(F)cc4)c3C(=O)N21. The summed E-state index contributed by atoms with van der Waals surface area (Å²) in [5.41, 5.74) is -0.856. The lowest BCUT2D eigenvalue weighted by Gasteiger charge is -2.34. The molecule has 134 valence electrons. The van der Waals surface area contributed by atoms with Crippen molar-refractivity contribution < 1.29 is 23.8 Å². The lowest BCUT2D eigenvalue weighted by molar-refractivity contribution is 0.00681. The van der Waals surface area contributed by atoms with E-state index in [0.717, 1.165) is 12.1 Å². The van der Waals surface area contributed by atoms with Gasteiger partial charge in [0.1, 0.15) is 17.1 Å². The van der Waals surface area contributed by atoms with Crippen LogP contribution in [-0.2, 0) is 11.3 Å². The van der Waals surface area contributed by atoms with E-state index in [4.69, 9.17) is 4.74 Å². The van der Waals surface area contributed by atoms with Crippen LogP contribution in [0.15, 0.2) is 35.3 Å². The van der Waals surface area contributed by atoms with Crippen molar-refractivity contribution in [1.29, 1.82) is 0 Å². The number of carboxylic acids is 1. The van der Waals surface area contributed by atoms with Crippen molar-refractivity contribution in [3.63, 3.8) is 0 Å². The van der Waals surface area contributed by atoms with Gasteiger partial charge in [-0.15, -0.1) is 0 Å². The van der Waals surface area contributed by atoms with Crippen molar-refractivity contribution in [2.24, 2.45) is 0 Å². The largest absolute Gasteiger partial charge is 0.477 e. The standard InChI is InChI=1S/C18H15FN2O5/c1-9-8-26-13-7-20-6-12(18(24)25)16(22)14(15(20)17(23)21(9)13)10-2-4-11(19)5-3-10/h2-6,9,13H,7-8H2,1H3,(H,24,25)/t9-,13?/m0/s1. The second kappa shape index (κ2) is 5.77. The molecule has 8 heteroatoms. The van der Waals surface area contributed by atoms with E-state index in [1.807, 2.05) is 6.92 Å². The number of halogens is 1. The normalized spacial score (nSPS) is 21.5. The van der Waals surface area contributed by atoms with Gasteiger partial charge >= 0.3 is 5.97 Å². The molecule has 1 saturated heterocycles. The summed E-state index contributed by atoms with van der Waals surface area (Å²) in [5, 5.41) is 9.38. The number of carbonyl (C=O) groups excluding carboxylic acids is 1. The summed E-state index contributed by atoms with van der Waals surface area (Å²) in [6, 6.07) is 4.90. The molecule has 1 fully saturated rings. The summed E-state index contributed by atoms with van der Waals surface area (Å²) in [7, 11) is 0. The third-order valence-electron chi connectivity index (χ3n) is 4.75. The highest BCUT2D eigenvalue weighted by Gasteiger charge is 2.42. The van der Waals surface area contributed by atoms with Gasteiger partial charge in [-0.25, -0.2) is 9.18 Å². The molecule has 1 amide bonds. The molecule has 2 aliphatic rings. The zero-order valence-corrected chi connectivity index (χ0v) is 13.8. The lowest BCUT2D eigenvalue weighted by atomic mass is 9.98. The molecule has 0 saturated carbocycles. The van der Waals surface area contributed by atoms with Crippen LogP contribution < -0.4 is 5.43 Å². The number of aromatic carboxylic acids is 1. The molecular formula is C18H15FN2O5. The minimum Gasteiger partial charge on any atom is -0.477 e. The highest BCUT2D eigenvalue weighted by Crippen LogP contribution is 2.31. The Bertz CT molecular complexity index is 982. The van der Waals surface area contributed by atoms with Crippen LogP contribution in [0.3, 0.4) is 0 Å². The first-order chi connectivity index (χ1) is 12.4. The smallest absolute Gasteiger partial charge is 0.341 e. The van der Waals surface area contributed by atoms with E-state index in [2.05, 4.69) is 0 Å². The maximum Gasteiger partial charge on any atom is 0.341 e. The molecule has 2 atom stereocenters. The summed E-state index contributed by atoms with van der Waals surface area (Å²) < 4.78 is 20.3. The molecule has 0 spiro atoms. The average Bonchev–Trinajstić information content (AvgIpc) is 2.97. The molecule has 0 bridgehead atoms. The van der Waals surface area contributed by atoms with E-state index in [1.165, 1.54) is 22.9 Å². The van der Waals surface area contributed by atoms with Crippen molar-refractivity contribution >= 4 is 11.9 Å². The predicted octanol–water partition coefficient (Wildman–Crippen LogP) is 1.55. The zero-order chi connectivity index (χ0) is 18.6. The van der Waals surface area contributed by atoms with Crippen molar-refractivity contribution in [3.05, 3.63) is 57.8 Å². The minimum atomic E-state index is -1.38. The third-order valence-corrected chi connectivity index (χ3v) is 4.75. The molecule has 3 heterocycles. The van der Waals surface area contributed by atoms with Gasteiger partial charge in [0.25, 0.3) is 5.91 Å². The molecule has 1 aromatic heterocycles. The number of aromatic nitrogens is 1. The van der Waals surface area contributed by atoms with Crippen LogP contribution in [0.25, 0.3) is 11.1 Å². The first-order valence-electron chi connectivity index (χ1n) is 8.09. The van der Waals surface area contributed by atoms with Gasteiger partial charge in [0.15, 0.2) is 6.23 Å². The number of pyridine rings is 1. The van der Waals surface area contributed by atoms with Crippen molar-refractivity contribution in [1.82, 2.24) is 9.47 Å². The number of amides is 1. The maximum atomic E-state index is 13.3.